The maximum Gasteiger partial charge on any atom is 0.296 e. The number of hydrogen-bond acceptors (Lipinski definition) is 10. The Hall–Kier alpha value is -4.24. The Kier molecular flexibility index (Phi) is 21.3. The molecule has 0 atom stereocenters. The van der Waals surface area contributed by atoms with Gasteiger partial charge in [-0.05, 0) is 60.7 Å². The van der Waals surface area contributed by atoms with Crippen LogP contribution in [0.4, 0.5) is 28.4 Å². The minimum Gasteiger partial charge on any atom is -0.505 e. The molecule has 12 nitrogen and oxygen atoms in total. The molecule has 47 heavy (non-hydrogen) atoms. The third kappa shape index (κ3) is 14.8. The minimum atomic E-state index is -4.48. The van der Waals surface area contributed by atoms with Gasteiger partial charge in [0.05, 0.1) is 23.0 Å². The number of benzene rings is 4. The van der Waals surface area contributed by atoms with Crippen LogP contribution in [-0.2, 0) is 20.2 Å². The maximum atomic E-state index is 11.6. The number of aryl methyl sites for hydroxylation is 2. The molecule has 0 bridgehead atoms. The van der Waals surface area contributed by atoms with Crippen molar-refractivity contribution >= 4 is 59.4 Å². The first-order valence-electron chi connectivity index (χ1n) is 15.1. The van der Waals surface area contributed by atoms with Gasteiger partial charge in [-0.25, -0.2) is 0 Å². The van der Waals surface area contributed by atoms with E-state index in [0.717, 1.165) is 5.56 Å². The van der Waals surface area contributed by atoms with Gasteiger partial charge in [-0.15, -0.1) is 15.3 Å². The van der Waals surface area contributed by atoms with E-state index < -0.39 is 20.2 Å². The van der Waals surface area contributed by atoms with Gasteiger partial charge >= 0.3 is 0 Å². The standard InChI is InChI=1S/C24H21N5O4S.4C2H6.CH4O3S/c1-14-7-3-4-8-17(14)26-29-23-15(2)13-16-11-12-19(22(25)21(16)24(23)30)28-27-18-9-5-6-10-20(18)34(31,32)33;4*1-2;1-5(2,3)4/h3-13,30H,25H2,1-2H3,(H,31,32,33);4*1-2H3;1H3,(H,2,3,4). The Labute approximate surface area is 280 Å². The molecule has 0 saturated heterocycles. The molecule has 0 aliphatic heterocycles. The van der Waals surface area contributed by atoms with Crippen molar-refractivity contribution in [3.05, 3.63) is 77.9 Å². The monoisotopic (exact) mass is 691 g/mol. The first-order chi connectivity index (χ1) is 22.2. The molecule has 5 N–H and O–H groups in total. The van der Waals surface area contributed by atoms with Gasteiger partial charge < -0.3 is 10.8 Å². The van der Waals surface area contributed by atoms with Crippen LogP contribution in [0.2, 0.25) is 0 Å². The number of aromatic hydroxyl groups is 1. The second-order valence-corrected chi connectivity index (χ2v) is 11.2. The molecular weight excluding hydrogens is 643 g/mol. The molecular formula is C33H49N5O7S2. The van der Waals surface area contributed by atoms with Gasteiger partial charge in [-0.2, -0.15) is 21.9 Å². The van der Waals surface area contributed by atoms with Gasteiger partial charge in [0.25, 0.3) is 20.2 Å². The summed E-state index contributed by atoms with van der Waals surface area (Å²) in [6, 6.07) is 18.3. The molecule has 0 heterocycles. The lowest BCUT2D eigenvalue weighted by Crippen LogP contribution is -1.97. The SMILES string of the molecule is CC.CC.CC.CC.CS(=O)(=O)O.Cc1ccccc1N=Nc1c(C)cc2ccc(N=Nc3ccccc3S(=O)(=O)O)c(N)c2c1O. The van der Waals surface area contributed by atoms with E-state index in [1.165, 1.54) is 18.2 Å². The van der Waals surface area contributed by atoms with Crippen LogP contribution in [0.15, 0.2) is 92.1 Å². The molecule has 0 fully saturated rings. The summed E-state index contributed by atoms with van der Waals surface area (Å²) in [6.45, 7) is 19.7. The predicted octanol–water partition coefficient (Wildman–Crippen LogP) is 10.4. The molecule has 0 saturated carbocycles. The highest BCUT2D eigenvalue weighted by Gasteiger charge is 2.17. The molecule has 0 unspecified atom stereocenters. The zero-order valence-electron chi connectivity index (χ0n) is 29.0. The van der Waals surface area contributed by atoms with Crippen molar-refractivity contribution in [2.75, 3.05) is 12.0 Å². The van der Waals surface area contributed by atoms with Crippen molar-refractivity contribution in [3.63, 3.8) is 0 Å². The zero-order chi connectivity index (χ0) is 37.0. The number of fused-ring (bicyclic) bond motifs is 1. The number of nitrogens with zero attached hydrogens (tertiary/aromatic N) is 4. The topological polar surface area (TPSA) is 204 Å². The number of rotatable bonds is 5. The molecule has 260 valence electrons. The lowest BCUT2D eigenvalue weighted by atomic mass is 10.0. The van der Waals surface area contributed by atoms with Crippen molar-refractivity contribution in [1.82, 2.24) is 0 Å². The normalized spacial score (nSPS) is 10.6. The van der Waals surface area contributed by atoms with E-state index in [0.29, 0.717) is 28.3 Å². The third-order valence-electron chi connectivity index (χ3n) is 5.24. The van der Waals surface area contributed by atoms with Crippen molar-refractivity contribution < 1.29 is 31.0 Å². The van der Waals surface area contributed by atoms with Crippen LogP contribution in [-0.4, -0.2) is 37.3 Å². The number of hydrogen-bond donors (Lipinski definition) is 4. The second kappa shape index (κ2) is 22.3. The summed E-state index contributed by atoms with van der Waals surface area (Å²) in [5.74, 6) is -0.153. The summed E-state index contributed by atoms with van der Waals surface area (Å²) >= 11 is 0. The average molecular weight is 692 g/mol. The van der Waals surface area contributed by atoms with Crippen molar-refractivity contribution in [1.29, 1.82) is 0 Å². The van der Waals surface area contributed by atoms with Crippen molar-refractivity contribution in [3.8, 4) is 5.75 Å². The van der Waals surface area contributed by atoms with E-state index >= 15 is 0 Å². The summed E-state index contributed by atoms with van der Waals surface area (Å²) in [7, 11) is -8.15. The summed E-state index contributed by atoms with van der Waals surface area (Å²) in [5, 5.41) is 28.5. The van der Waals surface area contributed by atoms with Gasteiger partial charge in [0.1, 0.15) is 22.0 Å². The van der Waals surface area contributed by atoms with Crippen molar-refractivity contribution in [2.24, 2.45) is 20.5 Å². The van der Waals surface area contributed by atoms with Crippen LogP contribution in [0, 0.1) is 13.8 Å². The smallest absolute Gasteiger partial charge is 0.296 e. The second-order valence-electron chi connectivity index (χ2n) is 8.35. The van der Waals surface area contributed by atoms with Crippen LogP contribution < -0.4 is 5.73 Å². The molecule has 0 radical (unpaired) electrons. The number of nitrogen functional groups attached to an aromatic ring is 1. The molecule has 0 spiro atoms. The third-order valence-corrected chi connectivity index (χ3v) is 6.14. The zero-order valence-corrected chi connectivity index (χ0v) is 30.6. The Morgan fingerprint density at radius 2 is 1.06 bits per heavy atom. The number of nitrogens with two attached hydrogens (primary N) is 1. The molecule has 0 aromatic heterocycles. The highest BCUT2D eigenvalue weighted by Crippen LogP contribution is 2.44. The molecule has 4 aromatic rings. The van der Waals surface area contributed by atoms with Gasteiger partial charge in [0.2, 0.25) is 0 Å². The highest BCUT2D eigenvalue weighted by atomic mass is 32.2. The van der Waals surface area contributed by atoms with Crippen LogP contribution >= 0.6 is 0 Å². The maximum absolute atomic E-state index is 11.6. The Morgan fingerprint density at radius 3 is 1.57 bits per heavy atom. The van der Waals surface area contributed by atoms with Crippen molar-refractivity contribution in [2.45, 2.75) is 74.1 Å². The molecule has 0 amide bonds. The average Bonchev–Trinajstić information content (AvgIpc) is 3.04. The van der Waals surface area contributed by atoms with Crippen LogP contribution in [0.5, 0.6) is 5.75 Å². The predicted molar refractivity (Wildman–Crippen MR) is 193 cm³/mol. The summed E-state index contributed by atoms with van der Waals surface area (Å²) in [6.07, 6.45) is 0.715. The van der Waals surface area contributed by atoms with E-state index in [4.69, 9.17) is 10.3 Å². The Bertz CT molecular complexity index is 1820. The van der Waals surface area contributed by atoms with Gasteiger partial charge in [0.15, 0.2) is 5.75 Å². The van der Waals surface area contributed by atoms with Gasteiger partial charge in [-0.1, -0.05) is 91.8 Å². The van der Waals surface area contributed by atoms with Crippen LogP contribution in [0.1, 0.15) is 66.5 Å². The fourth-order valence-electron chi connectivity index (χ4n) is 3.48. The largest absolute Gasteiger partial charge is 0.505 e. The Balaban J connectivity index is 0. The molecule has 0 aliphatic carbocycles. The minimum absolute atomic E-state index is 0.0506. The summed E-state index contributed by atoms with van der Waals surface area (Å²) < 4.78 is 58.4. The lowest BCUT2D eigenvalue weighted by Gasteiger charge is -2.11. The first-order valence-corrected chi connectivity index (χ1v) is 18.4. The lowest BCUT2D eigenvalue weighted by molar-refractivity contribution is 0.482. The van der Waals surface area contributed by atoms with E-state index in [1.807, 2.05) is 92.6 Å². The molecule has 0 aliphatic rings. The fraction of sp³-hybridized carbons (Fsp3) is 0.333. The van der Waals surface area contributed by atoms with E-state index in [2.05, 4.69) is 20.5 Å². The van der Waals surface area contributed by atoms with E-state index in [9.17, 15) is 26.5 Å². The van der Waals surface area contributed by atoms with Gasteiger partial charge in [-0.3, -0.25) is 9.11 Å². The van der Waals surface area contributed by atoms with E-state index in [-0.39, 0.29) is 33.4 Å². The van der Waals surface area contributed by atoms with E-state index in [1.54, 1.807) is 25.1 Å². The highest BCUT2D eigenvalue weighted by molar-refractivity contribution is 7.86. The van der Waals surface area contributed by atoms with Gasteiger partial charge in [0, 0.05) is 0 Å². The molecule has 4 rings (SSSR count). The summed E-state index contributed by atoms with van der Waals surface area (Å²) in [4.78, 5) is -0.379. The number of anilines is 1. The Morgan fingerprint density at radius 1 is 0.617 bits per heavy atom. The molecule has 4 aromatic carbocycles. The summed E-state index contributed by atoms with van der Waals surface area (Å²) in [5.41, 5.74) is 9.19. The first kappa shape index (κ1) is 44.9. The van der Waals surface area contributed by atoms with Crippen LogP contribution in [0.25, 0.3) is 10.8 Å². The molecule has 14 heteroatoms. The number of phenols is 1. The number of phenolic OH excluding ortho intramolecular Hbond substituents is 1. The number of azo groups is 2. The fourth-order valence-corrected chi connectivity index (χ4v) is 4.10. The van der Waals surface area contributed by atoms with Crippen LogP contribution in [0.3, 0.4) is 0 Å². The quantitative estimate of drug-likeness (QED) is 0.0897.